The molecule has 0 radical (unpaired) electrons. The molecule has 0 spiro atoms. The Hall–Kier alpha value is -1.88. The van der Waals surface area contributed by atoms with E-state index >= 15 is 0 Å². The maximum atomic E-state index is 11.9. The molecule has 0 atom stereocenters. The number of nitrogens with one attached hydrogen (secondary N) is 1. The Morgan fingerprint density at radius 3 is 2.86 bits per heavy atom. The molecule has 0 aliphatic heterocycles. The van der Waals surface area contributed by atoms with Gasteiger partial charge in [0.05, 0.1) is 5.75 Å². The number of carbonyl (C=O) groups excluding carboxylic acids is 1. The predicted octanol–water partition coefficient (Wildman–Crippen LogP) is 2.68. The summed E-state index contributed by atoms with van der Waals surface area (Å²) >= 11 is 1.41. The first kappa shape index (κ1) is 15.0. The zero-order valence-corrected chi connectivity index (χ0v) is 13.4. The third kappa shape index (κ3) is 3.65. The maximum Gasteiger partial charge on any atom is 0.230 e. The molecule has 5 heteroatoms. The van der Waals surface area contributed by atoms with Crippen LogP contribution in [0.3, 0.4) is 0 Å². The molecule has 0 saturated heterocycles. The van der Waals surface area contributed by atoms with Crippen LogP contribution in [0.5, 0.6) is 0 Å². The van der Waals surface area contributed by atoms with Gasteiger partial charge in [-0.2, -0.15) is 0 Å². The lowest BCUT2D eigenvalue weighted by Gasteiger charge is -2.07. The third-order valence-corrected chi connectivity index (χ3v) is 4.63. The van der Waals surface area contributed by atoms with Gasteiger partial charge in [0.15, 0.2) is 5.16 Å². The number of fused-ring (bicyclic) bond motifs is 1. The van der Waals surface area contributed by atoms with Crippen LogP contribution in [0.2, 0.25) is 0 Å². The lowest BCUT2D eigenvalue weighted by Crippen LogP contribution is -2.24. The second-order valence-corrected chi connectivity index (χ2v) is 6.36. The Bertz CT molecular complexity index is 673. The topological polar surface area (TPSA) is 54.9 Å². The number of carbonyl (C=O) groups is 1. The lowest BCUT2D eigenvalue weighted by molar-refractivity contribution is -0.118. The number of hydrogen-bond acceptors (Lipinski definition) is 4. The van der Waals surface area contributed by atoms with Crippen LogP contribution in [0.1, 0.15) is 28.9 Å². The molecule has 0 unspecified atom stereocenters. The van der Waals surface area contributed by atoms with Gasteiger partial charge in [-0.15, -0.1) is 0 Å². The Morgan fingerprint density at radius 1 is 1.23 bits per heavy atom. The highest BCUT2D eigenvalue weighted by molar-refractivity contribution is 7.99. The second-order valence-electron chi connectivity index (χ2n) is 5.42. The fourth-order valence-corrected chi connectivity index (χ4v) is 3.37. The van der Waals surface area contributed by atoms with Crippen molar-refractivity contribution in [2.24, 2.45) is 0 Å². The van der Waals surface area contributed by atoms with Gasteiger partial charge in [0.2, 0.25) is 5.91 Å². The number of nitrogens with zero attached hydrogens (tertiary/aromatic N) is 2. The van der Waals surface area contributed by atoms with Crippen molar-refractivity contribution in [3.8, 4) is 0 Å². The predicted molar refractivity (Wildman–Crippen MR) is 87.8 cm³/mol. The van der Waals surface area contributed by atoms with E-state index in [2.05, 4.69) is 15.3 Å². The molecule has 1 amide bonds. The minimum atomic E-state index is 0.00982. The third-order valence-electron chi connectivity index (χ3n) is 3.78. The summed E-state index contributed by atoms with van der Waals surface area (Å²) in [5.41, 5.74) is 4.64. The highest BCUT2D eigenvalue weighted by Gasteiger charge is 2.17. The van der Waals surface area contributed by atoms with Crippen LogP contribution >= 0.6 is 11.8 Å². The molecule has 22 heavy (non-hydrogen) atoms. The average molecular weight is 313 g/mol. The molecule has 1 N–H and O–H groups in total. The summed E-state index contributed by atoms with van der Waals surface area (Å²) in [6.45, 7) is 2.59. The second kappa shape index (κ2) is 6.92. The molecule has 1 aliphatic rings. The average Bonchev–Trinajstić information content (AvgIpc) is 3.01. The van der Waals surface area contributed by atoms with Gasteiger partial charge in [-0.1, -0.05) is 42.1 Å². The fraction of sp³-hybridized carbons (Fsp3) is 0.353. The first-order valence-electron chi connectivity index (χ1n) is 7.52. The summed E-state index contributed by atoms with van der Waals surface area (Å²) in [6.07, 6.45) is 3.28. The highest BCUT2D eigenvalue weighted by Crippen LogP contribution is 2.25. The first-order chi connectivity index (χ1) is 10.7. The van der Waals surface area contributed by atoms with Crippen molar-refractivity contribution in [2.75, 3.05) is 5.75 Å². The van der Waals surface area contributed by atoms with E-state index in [0.29, 0.717) is 17.5 Å². The van der Waals surface area contributed by atoms with E-state index in [9.17, 15) is 4.79 Å². The van der Waals surface area contributed by atoms with E-state index in [-0.39, 0.29) is 5.91 Å². The molecule has 2 aromatic rings. The van der Waals surface area contributed by atoms with Gasteiger partial charge in [-0.05, 0) is 37.3 Å². The maximum absolute atomic E-state index is 11.9. The Balaban J connectivity index is 1.52. The van der Waals surface area contributed by atoms with Crippen molar-refractivity contribution >= 4 is 17.7 Å². The van der Waals surface area contributed by atoms with Crippen LogP contribution in [0, 0.1) is 6.92 Å². The Labute approximate surface area is 134 Å². The number of aromatic nitrogens is 2. The highest BCUT2D eigenvalue weighted by atomic mass is 32.2. The van der Waals surface area contributed by atoms with Gasteiger partial charge >= 0.3 is 0 Å². The van der Waals surface area contributed by atoms with Crippen molar-refractivity contribution in [3.05, 3.63) is 52.8 Å². The normalized spacial score (nSPS) is 13.0. The molecule has 0 saturated carbocycles. The number of aryl methyl sites for hydroxylation is 2. The van der Waals surface area contributed by atoms with Crippen molar-refractivity contribution in [1.82, 2.24) is 15.3 Å². The number of hydrogen-bond donors (Lipinski definition) is 1. The molecular weight excluding hydrogens is 294 g/mol. The Kier molecular flexibility index (Phi) is 4.73. The van der Waals surface area contributed by atoms with Gasteiger partial charge in [0, 0.05) is 17.9 Å². The van der Waals surface area contributed by atoms with Gasteiger partial charge in [0.1, 0.15) is 0 Å². The summed E-state index contributed by atoms with van der Waals surface area (Å²) in [5, 5.41) is 3.64. The monoisotopic (exact) mass is 313 g/mol. The van der Waals surface area contributed by atoms with E-state index < -0.39 is 0 Å². The first-order valence-corrected chi connectivity index (χ1v) is 8.51. The van der Waals surface area contributed by atoms with Gasteiger partial charge < -0.3 is 5.32 Å². The number of thioether (sulfide) groups is 1. The molecule has 0 fully saturated rings. The van der Waals surface area contributed by atoms with Crippen molar-refractivity contribution in [2.45, 2.75) is 37.9 Å². The summed E-state index contributed by atoms with van der Waals surface area (Å²) < 4.78 is 0. The zero-order valence-electron chi connectivity index (χ0n) is 12.6. The smallest absolute Gasteiger partial charge is 0.230 e. The largest absolute Gasteiger partial charge is 0.351 e. The van der Waals surface area contributed by atoms with E-state index in [1.807, 2.05) is 37.3 Å². The zero-order chi connectivity index (χ0) is 15.4. The van der Waals surface area contributed by atoms with Crippen LogP contribution in [-0.4, -0.2) is 21.6 Å². The van der Waals surface area contributed by atoms with E-state index in [4.69, 9.17) is 0 Å². The molecule has 0 bridgehead atoms. The number of amides is 1. The standard InChI is InChI=1S/C17H19N3OS/c1-12-14-8-5-9-15(14)20-17(19-12)22-11-16(21)18-10-13-6-3-2-4-7-13/h2-4,6-7H,5,8-11H2,1H3,(H,18,21). The number of rotatable bonds is 5. The molecule has 3 rings (SSSR count). The summed E-state index contributed by atoms with van der Waals surface area (Å²) in [6, 6.07) is 9.91. The van der Waals surface area contributed by atoms with Crippen LogP contribution in [0.15, 0.2) is 35.5 Å². The van der Waals surface area contributed by atoms with Crippen molar-refractivity contribution < 1.29 is 4.79 Å². The van der Waals surface area contributed by atoms with Crippen molar-refractivity contribution in [3.63, 3.8) is 0 Å². The number of benzene rings is 1. The molecule has 1 aromatic heterocycles. The van der Waals surface area contributed by atoms with Crippen LogP contribution in [-0.2, 0) is 24.2 Å². The molecule has 1 aliphatic carbocycles. The molecule has 114 valence electrons. The fourth-order valence-electron chi connectivity index (χ4n) is 2.63. The molecular formula is C17H19N3OS. The van der Waals surface area contributed by atoms with Gasteiger partial charge in [-0.3, -0.25) is 4.79 Å². The minimum Gasteiger partial charge on any atom is -0.351 e. The summed E-state index contributed by atoms with van der Waals surface area (Å²) in [5.74, 6) is 0.362. The summed E-state index contributed by atoms with van der Waals surface area (Å²) in [7, 11) is 0. The minimum absolute atomic E-state index is 0.00982. The van der Waals surface area contributed by atoms with E-state index in [1.165, 1.54) is 23.0 Å². The lowest BCUT2D eigenvalue weighted by atomic mass is 10.2. The quantitative estimate of drug-likeness (QED) is 0.681. The molecule has 1 aromatic carbocycles. The van der Waals surface area contributed by atoms with Crippen LogP contribution in [0.4, 0.5) is 0 Å². The van der Waals surface area contributed by atoms with Crippen LogP contribution in [0.25, 0.3) is 0 Å². The van der Waals surface area contributed by atoms with Crippen molar-refractivity contribution in [1.29, 1.82) is 0 Å². The van der Waals surface area contributed by atoms with Crippen LogP contribution < -0.4 is 5.32 Å². The van der Waals surface area contributed by atoms with Gasteiger partial charge in [0.25, 0.3) is 0 Å². The van der Waals surface area contributed by atoms with E-state index in [0.717, 1.165) is 30.5 Å². The summed E-state index contributed by atoms with van der Waals surface area (Å²) in [4.78, 5) is 21.0. The molecule has 1 heterocycles. The Morgan fingerprint density at radius 2 is 2.05 bits per heavy atom. The molecule has 4 nitrogen and oxygen atoms in total. The SMILES string of the molecule is Cc1nc(SCC(=O)NCc2ccccc2)nc2c1CCC2. The van der Waals surface area contributed by atoms with E-state index in [1.54, 1.807) is 0 Å². The van der Waals surface area contributed by atoms with Gasteiger partial charge in [-0.25, -0.2) is 9.97 Å².